The van der Waals surface area contributed by atoms with Gasteiger partial charge >= 0.3 is 0 Å². The summed E-state index contributed by atoms with van der Waals surface area (Å²) in [7, 11) is 0. The Kier molecular flexibility index (Phi) is 6.43. The van der Waals surface area contributed by atoms with Crippen LogP contribution in [-0.4, -0.2) is 6.04 Å². The number of nitrogens with two attached hydrogens (primary N) is 1. The Morgan fingerprint density at radius 3 is 2.07 bits per heavy atom. The van der Waals surface area contributed by atoms with Crippen LogP contribution in [0.3, 0.4) is 0 Å². The highest BCUT2D eigenvalue weighted by molar-refractivity contribution is 4.76. The zero-order chi connectivity index (χ0) is 11.2. The van der Waals surface area contributed by atoms with Crippen LogP contribution in [0.2, 0.25) is 0 Å². The van der Waals surface area contributed by atoms with E-state index in [0.29, 0.717) is 6.04 Å². The lowest BCUT2D eigenvalue weighted by atomic mass is 9.83. The molecule has 0 fully saturated rings. The lowest BCUT2D eigenvalue weighted by Crippen LogP contribution is -2.34. The first-order valence-electron chi connectivity index (χ1n) is 6.13. The zero-order valence-electron chi connectivity index (χ0n) is 10.8. The second-order valence-corrected chi connectivity index (χ2v) is 5.80. The average molecular weight is 199 g/mol. The SMILES string of the molecule is CCCC(C)CCCC(N)C(C)(C)C. The molecule has 14 heavy (non-hydrogen) atoms. The van der Waals surface area contributed by atoms with Crippen molar-refractivity contribution in [2.24, 2.45) is 17.1 Å². The van der Waals surface area contributed by atoms with Crippen LogP contribution < -0.4 is 5.73 Å². The van der Waals surface area contributed by atoms with Crippen molar-refractivity contribution in [2.45, 2.75) is 72.8 Å². The first-order chi connectivity index (χ1) is 6.38. The molecule has 0 aromatic carbocycles. The van der Waals surface area contributed by atoms with Gasteiger partial charge in [0.25, 0.3) is 0 Å². The van der Waals surface area contributed by atoms with Gasteiger partial charge in [0, 0.05) is 6.04 Å². The van der Waals surface area contributed by atoms with Gasteiger partial charge in [-0.15, -0.1) is 0 Å². The molecule has 0 aliphatic rings. The van der Waals surface area contributed by atoms with Crippen LogP contribution in [-0.2, 0) is 0 Å². The van der Waals surface area contributed by atoms with Crippen molar-refractivity contribution in [3.05, 3.63) is 0 Å². The summed E-state index contributed by atoms with van der Waals surface area (Å²) in [5, 5.41) is 0. The highest BCUT2D eigenvalue weighted by Crippen LogP contribution is 2.23. The van der Waals surface area contributed by atoms with E-state index in [1.54, 1.807) is 0 Å². The van der Waals surface area contributed by atoms with E-state index >= 15 is 0 Å². The van der Waals surface area contributed by atoms with Gasteiger partial charge in [-0.25, -0.2) is 0 Å². The fourth-order valence-electron chi connectivity index (χ4n) is 1.76. The van der Waals surface area contributed by atoms with E-state index in [0.717, 1.165) is 5.92 Å². The van der Waals surface area contributed by atoms with Gasteiger partial charge in [0.05, 0.1) is 0 Å². The molecule has 1 heteroatoms. The van der Waals surface area contributed by atoms with Crippen LogP contribution in [0, 0.1) is 11.3 Å². The Balaban J connectivity index is 3.54. The molecule has 0 rings (SSSR count). The van der Waals surface area contributed by atoms with Crippen molar-refractivity contribution in [1.29, 1.82) is 0 Å². The first kappa shape index (κ1) is 14.0. The summed E-state index contributed by atoms with van der Waals surface area (Å²) in [4.78, 5) is 0. The summed E-state index contributed by atoms with van der Waals surface area (Å²) >= 11 is 0. The second kappa shape index (κ2) is 6.44. The lowest BCUT2D eigenvalue weighted by Gasteiger charge is -2.27. The zero-order valence-corrected chi connectivity index (χ0v) is 10.8. The molecular formula is C13H29N. The number of rotatable bonds is 6. The van der Waals surface area contributed by atoms with Crippen molar-refractivity contribution in [3.8, 4) is 0 Å². The van der Waals surface area contributed by atoms with E-state index in [1.807, 2.05) is 0 Å². The summed E-state index contributed by atoms with van der Waals surface area (Å²) in [5.41, 5.74) is 6.38. The highest BCUT2D eigenvalue weighted by atomic mass is 14.7. The average Bonchev–Trinajstić information content (AvgIpc) is 2.02. The van der Waals surface area contributed by atoms with Gasteiger partial charge in [0.15, 0.2) is 0 Å². The smallest absolute Gasteiger partial charge is 0.00876 e. The maximum Gasteiger partial charge on any atom is 0.00876 e. The van der Waals surface area contributed by atoms with E-state index in [-0.39, 0.29) is 5.41 Å². The Bertz CT molecular complexity index is 135. The topological polar surface area (TPSA) is 26.0 Å². The molecule has 0 saturated carbocycles. The third-order valence-corrected chi connectivity index (χ3v) is 3.11. The molecule has 2 N–H and O–H groups in total. The molecule has 0 radical (unpaired) electrons. The Morgan fingerprint density at radius 1 is 1.07 bits per heavy atom. The monoisotopic (exact) mass is 199 g/mol. The van der Waals surface area contributed by atoms with Gasteiger partial charge in [0.2, 0.25) is 0 Å². The molecule has 0 aliphatic heterocycles. The first-order valence-corrected chi connectivity index (χ1v) is 6.13. The summed E-state index contributed by atoms with van der Waals surface area (Å²) in [6.45, 7) is 11.3. The van der Waals surface area contributed by atoms with Crippen LogP contribution in [0.25, 0.3) is 0 Å². The molecule has 1 nitrogen and oxygen atoms in total. The Labute approximate surface area is 90.5 Å². The Hall–Kier alpha value is -0.0400. The molecule has 0 spiro atoms. The minimum atomic E-state index is 0.272. The van der Waals surface area contributed by atoms with E-state index < -0.39 is 0 Å². The number of hydrogen-bond acceptors (Lipinski definition) is 1. The molecule has 2 unspecified atom stereocenters. The van der Waals surface area contributed by atoms with Gasteiger partial charge in [-0.1, -0.05) is 60.3 Å². The normalized spacial score (nSPS) is 16.7. The highest BCUT2D eigenvalue weighted by Gasteiger charge is 2.19. The minimum Gasteiger partial charge on any atom is -0.327 e. The Morgan fingerprint density at radius 2 is 1.64 bits per heavy atom. The van der Waals surface area contributed by atoms with Crippen LogP contribution >= 0.6 is 0 Å². The molecular weight excluding hydrogens is 170 g/mol. The predicted molar refractivity (Wildman–Crippen MR) is 65.4 cm³/mol. The van der Waals surface area contributed by atoms with Crippen LogP contribution in [0.15, 0.2) is 0 Å². The molecule has 0 amide bonds. The summed E-state index contributed by atoms with van der Waals surface area (Å²) in [6, 6.07) is 0.358. The van der Waals surface area contributed by atoms with Gasteiger partial charge in [-0.05, 0) is 17.8 Å². The van der Waals surface area contributed by atoms with Gasteiger partial charge < -0.3 is 5.73 Å². The number of hydrogen-bond donors (Lipinski definition) is 1. The maximum absolute atomic E-state index is 6.11. The minimum absolute atomic E-state index is 0.272. The fourth-order valence-corrected chi connectivity index (χ4v) is 1.76. The standard InChI is InChI=1S/C13H29N/c1-6-8-11(2)9-7-10-12(14)13(3,4)5/h11-12H,6-10,14H2,1-5H3. The van der Waals surface area contributed by atoms with Gasteiger partial charge in [-0.3, -0.25) is 0 Å². The van der Waals surface area contributed by atoms with Crippen molar-refractivity contribution < 1.29 is 0 Å². The summed E-state index contributed by atoms with van der Waals surface area (Å²) in [5.74, 6) is 0.882. The third kappa shape index (κ3) is 6.42. The van der Waals surface area contributed by atoms with Crippen molar-refractivity contribution in [3.63, 3.8) is 0 Å². The molecule has 2 atom stereocenters. The van der Waals surface area contributed by atoms with Gasteiger partial charge in [-0.2, -0.15) is 0 Å². The van der Waals surface area contributed by atoms with Crippen molar-refractivity contribution in [1.82, 2.24) is 0 Å². The van der Waals surface area contributed by atoms with Crippen molar-refractivity contribution in [2.75, 3.05) is 0 Å². The van der Waals surface area contributed by atoms with Crippen molar-refractivity contribution >= 4 is 0 Å². The van der Waals surface area contributed by atoms with E-state index in [2.05, 4.69) is 34.6 Å². The van der Waals surface area contributed by atoms with Crippen LogP contribution in [0.5, 0.6) is 0 Å². The quantitative estimate of drug-likeness (QED) is 0.688. The molecule has 0 bridgehead atoms. The van der Waals surface area contributed by atoms with E-state index in [9.17, 15) is 0 Å². The van der Waals surface area contributed by atoms with E-state index in [4.69, 9.17) is 5.73 Å². The molecule has 0 saturated heterocycles. The lowest BCUT2D eigenvalue weighted by molar-refractivity contribution is 0.292. The largest absolute Gasteiger partial charge is 0.327 e. The van der Waals surface area contributed by atoms with Gasteiger partial charge in [0.1, 0.15) is 0 Å². The maximum atomic E-state index is 6.11. The van der Waals surface area contributed by atoms with Crippen LogP contribution in [0.4, 0.5) is 0 Å². The third-order valence-electron chi connectivity index (χ3n) is 3.11. The molecule has 0 aromatic heterocycles. The second-order valence-electron chi connectivity index (χ2n) is 5.80. The fraction of sp³-hybridized carbons (Fsp3) is 1.00. The molecule has 0 aromatic rings. The van der Waals surface area contributed by atoms with Crippen LogP contribution in [0.1, 0.15) is 66.7 Å². The molecule has 86 valence electrons. The molecule has 0 aliphatic carbocycles. The summed E-state index contributed by atoms with van der Waals surface area (Å²) < 4.78 is 0. The predicted octanol–water partition coefficient (Wildman–Crippen LogP) is 3.97. The summed E-state index contributed by atoms with van der Waals surface area (Å²) in [6.07, 6.45) is 6.49. The molecule has 0 heterocycles. The van der Waals surface area contributed by atoms with E-state index in [1.165, 1.54) is 32.1 Å².